The molecule has 1 amide bonds. The Morgan fingerprint density at radius 2 is 2.00 bits per heavy atom. The molecule has 0 spiro atoms. The van der Waals surface area contributed by atoms with E-state index in [-0.39, 0.29) is 24.4 Å². The lowest BCUT2D eigenvalue weighted by Crippen LogP contribution is -2.45. The first-order valence-corrected chi connectivity index (χ1v) is 9.25. The van der Waals surface area contributed by atoms with Gasteiger partial charge in [0.05, 0.1) is 11.4 Å². The number of piperidine rings is 1. The number of hydrogen-bond acceptors (Lipinski definition) is 4. The molecule has 1 aliphatic carbocycles. The van der Waals surface area contributed by atoms with E-state index in [1.54, 1.807) is 0 Å². The van der Waals surface area contributed by atoms with E-state index < -0.39 is 0 Å². The number of hydrogen-bond donors (Lipinski definition) is 2. The first-order chi connectivity index (χ1) is 11.7. The van der Waals surface area contributed by atoms with Gasteiger partial charge in [-0.2, -0.15) is 0 Å². The van der Waals surface area contributed by atoms with Crippen molar-refractivity contribution in [3.05, 3.63) is 40.1 Å². The van der Waals surface area contributed by atoms with Crippen molar-refractivity contribution in [3.8, 4) is 5.69 Å². The number of halogens is 2. The van der Waals surface area contributed by atoms with Gasteiger partial charge in [0.15, 0.2) is 5.69 Å². The van der Waals surface area contributed by atoms with Gasteiger partial charge in [0.25, 0.3) is 5.91 Å². The number of rotatable bonds is 4. The third-order valence-electron chi connectivity index (χ3n) is 4.59. The molecule has 0 radical (unpaired) electrons. The fourth-order valence-corrected chi connectivity index (χ4v) is 3.44. The maximum absolute atomic E-state index is 12.7. The molecule has 1 saturated carbocycles. The highest BCUT2D eigenvalue weighted by molar-refractivity contribution is 9.10. The number of benzene rings is 1. The van der Waals surface area contributed by atoms with Crippen molar-refractivity contribution in [2.75, 3.05) is 13.1 Å². The predicted octanol–water partition coefficient (Wildman–Crippen LogP) is 2.81. The van der Waals surface area contributed by atoms with Crippen molar-refractivity contribution in [2.24, 2.45) is 0 Å². The molecule has 1 saturated heterocycles. The number of nitrogens with zero attached hydrogens (tertiary/aromatic N) is 3. The van der Waals surface area contributed by atoms with Gasteiger partial charge in [0.1, 0.15) is 0 Å². The van der Waals surface area contributed by atoms with E-state index in [4.69, 9.17) is 0 Å². The highest BCUT2D eigenvalue weighted by Crippen LogP contribution is 2.42. The molecule has 8 heteroatoms. The minimum atomic E-state index is -0.103. The van der Waals surface area contributed by atoms with Crippen LogP contribution >= 0.6 is 28.3 Å². The highest BCUT2D eigenvalue weighted by Gasteiger charge is 2.34. The van der Waals surface area contributed by atoms with Crippen LogP contribution in [-0.2, 0) is 0 Å². The van der Waals surface area contributed by atoms with Gasteiger partial charge in [-0.05, 0) is 56.5 Å². The van der Waals surface area contributed by atoms with Crippen molar-refractivity contribution in [3.63, 3.8) is 0 Å². The molecule has 1 atom stereocenters. The second-order valence-electron chi connectivity index (χ2n) is 6.50. The number of nitrogens with one attached hydrogen (secondary N) is 2. The lowest BCUT2D eigenvalue weighted by Gasteiger charge is -2.23. The van der Waals surface area contributed by atoms with Crippen molar-refractivity contribution in [1.29, 1.82) is 0 Å². The van der Waals surface area contributed by atoms with Gasteiger partial charge in [0, 0.05) is 23.0 Å². The SMILES string of the molecule is Cl.O=C(N[C@H]1CCCNC1)c1nnn(-c2ccc(Br)cc2)c1C1CC1. The molecule has 134 valence electrons. The first-order valence-electron chi connectivity index (χ1n) is 8.45. The molecular formula is C17H21BrClN5O. The lowest BCUT2D eigenvalue weighted by molar-refractivity contribution is 0.0924. The minimum Gasteiger partial charge on any atom is -0.347 e. The second kappa shape index (κ2) is 7.85. The average Bonchev–Trinajstić information content (AvgIpc) is 3.34. The molecule has 4 rings (SSSR count). The summed E-state index contributed by atoms with van der Waals surface area (Å²) in [5.41, 5.74) is 2.36. The molecule has 2 N–H and O–H groups in total. The van der Waals surface area contributed by atoms with Crippen LogP contribution in [0.3, 0.4) is 0 Å². The summed E-state index contributed by atoms with van der Waals surface area (Å²) < 4.78 is 2.83. The van der Waals surface area contributed by atoms with Crippen molar-refractivity contribution < 1.29 is 4.79 Å². The number of amides is 1. The number of aromatic nitrogens is 3. The van der Waals surface area contributed by atoms with E-state index in [1.165, 1.54) is 0 Å². The molecule has 25 heavy (non-hydrogen) atoms. The van der Waals surface area contributed by atoms with Crippen LogP contribution in [0.4, 0.5) is 0 Å². The Morgan fingerprint density at radius 3 is 2.64 bits per heavy atom. The molecule has 2 aliphatic rings. The summed E-state index contributed by atoms with van der Waals surface area (Å²) in [7, 11) is 0. The van der Waals surface area contributed by atoms with Crippen LogP contribution in [0.15, 0.2) is 28.7 Å². The van der Waals surface area contributed by atoms with Gasteiger partial charge in [-0.25, -0.2) is 4.68 Å². The van der Waals surface area contributed by atoms with E-state index in [1.807, 2.05) is 28.9 Å². The Kier molecular flexibility index (Phi) is 5.76. The average molecular weight is 427 g/mol. The Hall–Kier alpha value is -1.44. The monoisotopic (exact) mass is 425 g/mol. The Balaban J connectivity index is 0.00000182. The van der Waals surface area contributed by atoms with E-state index in [9.17, 15) is 4.79 Å². The fraction of sp³-hybridized carbons (Fsp3) is 0.471. The zero-order valence-electron chi connectivity index (χ0n) is 13.7. The maximum Gasteiger partial charge on any atom is 0.274 e. The van der Waals surface area contributed by atoms with Crippen LogP contribution in [0.1, 0.15) is 47.8 Å². The maximum atomic E-state index is 12.7. The molecule has 1 aromatic heterocycles. The zero-order chi connectivity index (χ0) is 16.5. The van der Waals surface area contributed by atoms with Gasteiger partial charge >= 0.3 is 0 Å². The van der Waals surface area contributed by atoms with Crippen LogP contribution < -0.4 is 10.6 Å². The fourth-order valence-electron chi connectivity index (χ4n) is 3.18. The first kappa shape index (κ1) is 18.4. The van der Waals surface area contributed by atoms with Gasteiger partial charge in [0.2, 0.25) is 0 Å². The van der Waals surface area contributed by atoms with E-state index in [0.717, 1.165) is 54.6 Å². The van der Waals surface area contributed by atoms with Crippen molar-refractivity contribution >= 4 is 34.2 Å². The molecule has 1 aromatic carbocycles. The topological polar surface area (TPSA) is 71.8 Å². The molecule has 2 heterocycles. The van der Waals surface area contributed by atoms with Crippen molar-refractivity contribution in [2.45, 2.75) is 37.6 Å². The van der Waals surface area contributed by atoms with Gasteiger partial charge in [-0.1, -0.05) is 21.1 Å². The van der Waals surface area contributed by atoms with E-state index >= 15 is 0 Å². The summed E-state index contributed by atoms with van der Waals surface area (Å²) in [5.74, 6) is 0.280. The molecule has 0 unspecified atom stereocenters. The summed E-state index contributed by atoms with van der Waals surface area (Å²) >= 11 is 3.45. The lowest BCUT2D eigenvalue weighted by atomic mass is 10.1. The van der Waals surface area contributed by atoms with Gasteiger partial charge in [-0.3, -0.25) is 4.79 Å². The second-order valence-corrected chi connectivity index (χ2v) is 7.42. The predicted molar refractivity (Wildman–Crippen MR) is 102 cm³/mol. The molecule has 6 nitrogen and oxygen atoms in total. The van der Waals surface area contributed by atoms with Crippen LogP contribution in [0, 0.1) is 0 Å². The third kappa shape index (κ3) is 4.04. The normalized spacial score (nSPS) is 20.0. The minimum absolute atomic E-state index is 0. The zero-order valence-corrected chi connectivity index (χ0v) is 16.1. The van der Waals surface area contributed by atoms with E-state index in [0.29, 0.717) is 11.6 Å². The number of carbonyl (C=O) groups is 1. The standard InChI is InChI=1S/C17H20BrN5O.ClH/c18-12-5-7-14(8-6-12)23-16(11-3-4-11)15(21-22-23)17(24)20-13-2-1-9-19-10-13;/h5-8,11,13,19H,1-4,9-10H2,(H,20,24);1H/t13-;/m0./s1. The molecule has 2 aromatic rings. The Bertz CT molecular complexity index is 738. The van der Waals surface area contributed by atoms with Crippen LogP contribution in [-0.4, -0.2) is 40.0 Å². The largest absolute Gasteiger partial charge is 0.347 e. The molecule has 1 aliphatic heterocycles. The highest BCUT2D eigenvalue weighted by atomic mass is 79.9. The summed E-state index contributed by atoms with van der Waals surface area (Å²) in [6, 6.07) is 8.09. The van der Waals surface area contributed by atoms with Crippen LogP contribution in [0.25, 0.3) is 5.69 Å². The summed E-state index contributed by atoms with van der Waals surface area (Å²) in [5, 5.41) is 14.9. The third-order valence-corrected chi connectivity index (χ3v) is 5.12. The summed E-state index contributed by atoms with van der Waals surface area (Å²) in [6.45, 7) is 1.85. The van der Waals surface area contributed by atoms with E-state index in [2.05, 4.69) is 36.9 Å². The van der Waals surface area contributed by atoms with Gasteiger partial charge < -0.3 is 10.6 Å². The Morgan fingerprint density at radius 1 is 1.24 bits per heavy atom. The summed E-state index contributed by atoms with van der Waals surface area (Å²) in [6.07, 6.45) is 4.29. The Labute approximate surface area is 161 Å². The smallest absolute Gasteiger partial charge is 0.274 e. The molecule has 0 bridgehead atoms. The quantitative estimate of drug-likeness (QED) is 0.788. The van der Waals surface area contributed by atoms with Crippen LogP contribution in [0.5, 0.6) is 0 Å². The number of carbonyl (C=O) groups excluding carboxylic acids is 1. The molecule has 2 fully saturated rings. The van der Waals surface area contributed by atoms with Gasteiger partial charge in [-0.15, -0.1) is 17.5 Å². The van der Waals surface area contributed by atoms with Crippen molar-refractivity contribution in [1.82, 2.24) is 25.6 Å². The summed E-state index contributed by atoms with van der Waals surface area (Å²) in [4.78, 5) is 12.7. The van der Waals surface area contributed by atoms with Crippen LogP contribution in [0.2, 0.25) is 0 Å². The molecular weight excluding hydrogens is 406 g/mol.